The van der Waals surface area contributed by atoms with Gasteiger partial charge in [-0.25, -0.2) is 14.5 Å². The highest BCUT2D eigenvalue weighted by molar-refractivity contribution is 6.25. The zero-order chi connectivity index (χ0) is 24.2. The highest BCUT2D eigenvalue weighted by Gasteiger charge is 2.38. The minimum absolute atomic E-state index is 0.162. The average molecular weight is 452 g/mol. The molecule has 10 heteroatoms. The lowest BCUT2D eigenvalue weighted by Crippen LogP contribution is -2.55. The molecule has 0 unspecified atom stereocenters. The molecule has 2 rings (SSSR count). The van der Waals surface area contributed by atoms with Crippen molar-refractivity contribution in [3.63, 3.8) is 0 Å². The van der Waals surface area contributed by atoms with Crippen molar-refractivity contribution in [2.24, 2.45) is 5.73 Å². The number of carbonyl (C=O) groups excluding carboxylic acids is 3. The summed E-state index contributed by atoms with van der Waals surface area (Å²) in [5, 5.41) is 9.82. The lowest BCUT2D eigenvalue weighted by Gasteiger charge is -2.28. The van der Waals surface area contributed by atoms with Gasteiger partial charge in [-0.15, -0.1) is 0 Å². The van der Waals surface area contributed by atoms with Gasteiger partial charge < -0.3 is 21.1 Å². The fourth-order valence-electron chi connectivity index (χ4n) is 3.01. The van der Waals surface area contributed by atoms with E-state index in [-0.39, 0.29) is 25.9 Å². The van der Waals surface area contributed by atoms with Gasteiger partial charge >= 0.3 is 18.3 Å². The van der Waals surface area contributed by atoms with Crippen molar-refractivity contribution >= 4 is 30.0 Å². The third-order valence-corrected chi connectivity index (χ3v) is 4.73. The van der Waals surface area contributed by atoms with Crippen molar-refractivity contribution in [1.82, 2.24) is 4.90 Å². The third kappa shape index (κ3) is 7.80. The van der Waals surface area contributed by atoms with E-state index in [4.69, 9.17) is 16.0 Å². The maximum Gasteiger partial charge on any atom is 0.417 e. The lowest BCUT2D eigenvalue weighted by atomic mass is 10.0. The van der Waals surface area contributed by atoms with Gasteiger partial charge in [0.1, 0.15) is 12.6 Å². The summed E-state index contributed by atoms with van der Waals surface area (Å²) in [5.41, 5.74) is 15.5. The molecule has 33 heavy (non-hydrogen) atoms. The maximum absolute atomic E-state index is 13.0. The Morgan fingerprint density at radius 3 is 2.15 bits per heavy atom. The molecule has 0 radical (unpaired) electrons. The van der Waals surface area contributed by atoms with Crippen molar-refractivity contribution < 1.29 is 33.8 Å². The number of ketones is 1. The van der Waals surface area contributed by atoms with E-state index in [1.165, 1.54) is 0 Å². The number of nitrogens with zero attached hydrogens (tertiary/aromatic N) is 3. The standard InChI is InChI=1S/C23H24N4O6/c24-19(12-11-18(28)14-26-25)21(29)27(23(32)33-15-17-9-5-2-6-10-17)20(22(30)31)13-16-7-3-1-4-8-16/h1-10,14,19-20H,11-13,15,24H2,(H,30,31)/t19-,20-/m0/s1. The van der Waals surface area contributed by atoms with Gasteiger partial charge in [-0.1, -0.05) is 60.7 Å². The number of ether oxygens (including phenoxy) is 1. The van der Waals surface area contributed by atoms with E-state index in [9.17, 15) is 24.3 Å². The maximum atomic E-state index is 13.0. The molecule has 10 nitrogen and oxygen atoms in total. The quantitative estimate of drug-likeness (QED) is 0.298. The summed E-state index contributed by atoms with van der Waals surface area (Å²) >= 11 is 0. The van der Waals surface area contributed by atoms with E-state index in [1.807, 2.05) is 0 Å². The van der Waals surface area contributed by atoms with Crippen LogP contribution in [0, 0.1) is 0 Å². The lowest BCUT2D eigenvalue weighted by molar-refractivity contribution is -0.149. The normalized spacial score (nSPS) is 12.0. The summed E-state index contributed by atoms with van der Waals surface area (Å²) in [6.07, 6.45) is -1.08. The van der Waals surface area contributed by atoms with Crippen LogP contribution in [0.3, 0.4) is 0 Å². The summed E-state index contributed by atoms with van der Waals surface area (Å²) in [7, 11) is 0. The molecule has 2 aromatic carbocycles. The van der Waals surface area contributed by atoms with Gasteiger partial charge in [0.25, 0.3) is 0 Å². The van der Waals surface area contributed by atoms with Crippen molar-refractivity contribution in [3.8, 4) is 0 Å². The van der Waals surface area contributed by atoms with E-state index < -0.39 is 35.8 Å². The van der Waals surface area contributed by atoms with Crippen LogP contribution in [0.25, 0.3) is 5.53 Å². The van der Waals surface area contributed by atoms with Crippen LogP contribution >= 0.6 is 0 Å². The number of carbonyl (C=O) groups is 4. The summed E-state index contributed by atoms with van der Waals surface area (Å²) in [4.78, 5) is 52.6. The first-order valence-corrected chi connectivity index (χ1v) is 10.1. The highest BCUT2D eigenvalue weighted by Crippen LogP contribution is 2.15. The molecule has 2 amide bonds. The second-order valence-corrected chi connectivity index (χ2v) is 7.15. The van der Waals surface area contributed by atoms with Crippen molar-refractivity contribution in [2.45, 2.75) is 38.0 Å². The van der Waals surface area contributed by atoms with Crippen molar-refractivity contribution in [2.75, 3.05) is 0 Å². The molecule has 2 atom stereocenters. The first kappa shape index (κ1) is 25.1. The molecular formula is C23H24N4O6. The number of benzene rings is 2. The topological polar surface area (TPSA) is 163 Å². The SMILES string of the molecule is [N-]=[N+]=CC(=O)CC[C@H](N)C(=O)N(C(=O)OCc1ccccc1)[C@@H](Cc1ccccc1)C(=O)O. The van der Waals surface area contributed by atoms with Gasteiger partial charge in [-0.05, 0) is 17.5 Å². The number of nitrogens with two attached hydrogens (primary N) is 1. The third-order valence-electron chi connectivity index (χ3n) is 4.73. The molecule has 0 saturated heterocycles. The Morgan fingerprint density at radius 2 is 1.61 bits per heavy atom. The van der Waals surface area contributed by atoms with Crippen LogP contribution in [0.2, 0.25) is 0 Å². The van der Waals surface area contributed by atoms with E-state index in [1.54, 1.807) is 60.7 Å². The first-order valence-electron chi connectivity index (χ1n) is 10.1. The molecular weight excluding hydrogens is 428 g/mol. The smallest absolute Gasteiger partial charge is 0.417 e. The molecule has 0 aromatic heterocycles. The summed E-state index contributed by atoms with van der Waals surface area (Å²) in [6.45, 7) is -0.179. The van der Waals surface area contributed by atoms with Crippen LogP contribution in [0.15, 0.2) is 60.7 Å². The largest absolute Gasteiger partial charge is 0.480 e. The van der Waals surface area contributed by atoms with Crippen molar-refractivity contribution in [3.05, 3.63) is 77.3 Å². The predicted molar refractivity (Wildman–Crippen MR) is 117 cm³/mol. The molecule has 0 aliphatic carbocycles. The van der Waals surface area contributed by atoms with Crippen LogP contribution in [0.5, 0.6) is 0 Å². The van der Waals surface area contributed by atoms with E-state index in [0.717, 1.165) is 0 Å². The molecule has 0 spiro atoms. The minimum atomic E-state index is -1.58. The fraction of sp³-hybridized carbons (Fsp3) is 0.261. The second-order valence-electron chi connectivity index (χ2n) is 7.15. The van der Waals surface area contributed by atoms with Gasteiger partial charge in [0.05, 0.1) is 6.04 Å². The van der Waals surface area contributed by atoms with Crippen molar-refractivity contribution in [1.29, 1.82) is 0 Å². The number of carboxylic acid groups (broad SMARTS) is 1. The zero-order valence-electron chi connectivity index (χ0n) is 17.7. The van der Waals surface area contributed by atoms with Gasteiger partial charge in [0, 0.05) is 12.8 Å². The van der Waals surface area contributed by atoms with Crippen LogP contribution < -0.4 is 5.73 Å². The molecule has 0 fully saturated rings. The fourth-order valence-corrected chi connectivity index (χ4v) is 3.01. The molecule has 0 aliphatic rings. The number of amides is 2. The number of imide groups is 1. The predicted octanol–water partition coefficient (Wildman–Crippen LogP) is 1.82. The van der Waals surface area contributed by atoms with Gasteiger partial charge in [-0.2, -0.15) is 4.79 Å². The van der Waals surface area contributed by atoms with Crippen LogP contribution in [-0.2, 0) is 32.1 Å². The summed E-state index contributed by atoms with van der Waals surface area (Å²) in [6, 6.07) is 14.2. The summed E-state index contributed by atoms with van der Waals surface area (Å²) in [5.74, 6) is -3.00. The Bertz CT molecular complexity index is 1020. The number of hydrogen-bond donors (Lipinski definition) is 2. The first-order chi connectivity index (χ1) is 15.8. The number of carboxylic acids is 1. The molecule has 0 heterocycles. The molecule has 0 aliphatic heterocycles. The van der Waals surface area contributed by atoms with Crippen LogP contribution in [0.4, 0.5) is 4.79 Å². The van der Waals surface area contributed by atoms with E-state index >= 15 is 0 Å². The van der Waals surface area contributed by atoms with Gasteiger partial charge in [-0.3, -0.25) is 9.59 Å². The Morgan fingerprint density at radius 1 is 1.03 bits per heavy atom. The molecule has 2 aromatic rings. The number of aliphatic carboxylic acids is 1. The van der Waals surface area contributed by atoms with Crippen LogP contribution in [-0.4, -0.2) is 56.8 Å². The van der Waals surface area contributed by atoms with E-state index in [2.05, 4.69) is 4.79 Å². The minimum Gasteiger partial charge on any atom is -0.480 e. The molecule has 0 bridgehead atoms. The van der Waals surface area contributed by atoms with Crippen LogP contribution in [0.1, 0.15) is 24.0 Å². The highest BCUT2D eigenvalue weighted by atomic mass is 16.6. The summed E-state index contributed by atoms with van der Waals surface area (Å²) < 4.78 is 5.22. The second kappa shape index (κ2) is 12.7. The number of Topliss-reactive ketones (excluding diaryl/α,β-unsaturated/α-hetero) is 1. The zero-order valence-corrected chi connectivity index (χ0v) is 17.7. The number of hydrogen-bond acceptors (Lipinski definition) is 6. The molecule has 172 valence electrons. The monoisotopic (exact) mass is 452 g/mol. The Balaban J connectivity index is 2.26. The molecule has 3 N–H and O–H groups in total. The number of rotatable bonds is 11. The average Bonchev–Trinajstić information content (AvgIpc) is 2.82. The molecule has 0 saturated carbocycles. The van der Waals surface area contributed by atoms with Gasteiger partial charge in [0.15, 0.2) is 0 Å². The van der Waals surface area contributed by atoms with E-state index in [0.29, 0.717) is 22.2 Å². The Hall–Kier alpha value is -4.14. The Kier molecular flexibility index (Phi) is 9.63. The Labute approximate surface area is 190 Å². The van der Waals surface area contributed by atoms with Gasteiger partial charge in [0.2, 0.25) is 11.7 Å².